The van der Waals surface area contributed by atoms with Crippen LogP contribution in [0.2, 0.25) is 0 Å². The first kappa shape index (κ1) is 13.5. The second-order valence-corrected chi connectivity index (χ2v) is 5.79. The third kappa shape index (κ3) is 3.08. The summed E-state index contributed by atoms with van der Waals surface area (Å²) >= 11 is 1.84. The first-order valence-electron chi connectivity index (χ1n) is 6.83. The number of nitrogens with one attached hydrogen (secondary N) is 1. The van der Waals surface area contributed by atoms with E-state index in [1.165, 1.54) is 29.0 Å². The molecule has 1 heterocycles. The van der Waals surface area contributed by atoms with E-state index in [0.717, 1.165) is 18.0 Å². The number of para-hydroxylation sites is 1. The Bertz CT molecular complexity index is 418. The molecule has 0 spiro atoms. The van der Waals surface area contributed by atoms with Gasteiger partial charge in [0.05, 0.1) is 6.04 Å². The lowest BCUT2D eigenvalue weighted by atomic mass is 10.0. The number of hydrogen-bond donors (Lipinski definition) is 1. The van der Waals surface area contributed by atoms with E-state index in [9.17, 15) is 0 Å². The summed E-state index contributed by atoms with van der Waals surface area (Å²) in [5, 5.41) is 4.65. The van der Waals surface area contributed by atoms with Crippen molar-refractivity contribution >= 4 is 22.6 Å². The van der Waals surface area contributed by atoms with Crippen molar-refractivity contribution in [3.63, 3.8) is 0 Å². The third-order valence-corrected chi connectivity index (χ3v) is 4.26. The van der Waals surface area contributed by atoms with Crippen LogP contribution in [-0.4, -0.2) is 17.0 Å². The molecule has 98 valence electrons. The SMILES string of the molecule is CCc1cccc(CC)c1NC1=NC(C)CCS1. The molecule has 0 bridgehead atoms. The quantitative estimate of drug-likeness (QED) is 0.886. The van der Waals surface area contributed by atoms with Gasteiger partial charge in [-0.15, -0.1) is 0 Å². The van der Waals surface area contributed by atoms with Gasteiger partial charge in [-0.3, -0.25) is 4.99 Å². The highest BCUT2D eigenvalue weighted by atomic mass is 32.2. The highest BCUT2D eigenvalue weighted by Crippen LogP contribution is 2.26. The number of aliphatic imine (C=N–C) groups is 1. The molecule has 1 unspecified atom stereocenters. The number of benzene rings is 1. The molecule has 0 aromatic heterocycles. The van der Waals surface area contributed by atoms with Crippen LogP contribution in [0.5, 0.6) is 0 Å². The van der Waals surface area contributed by atoms with Gasteiger partial charge < -0.3 is 5.32 Å². The Morgan fingerprint density at radius 1 is 1.28 bits per heavy atom. The summed E-state index contributed by atoms with van der Waals surface area (Å²) < 4.78 is 0. The van der Waals surface area contributed by atoms with Gasteiger partial charge in [-0.1, -0.05) is 43.8 Å². The van der Waals surface area contributed by atoms with Crippen LogP contribution < -0.4 is 5.32 Å². The molecule has 1 N–H and O–H groups in total. The molecular weight excluding hydrogens is 240 g/mol. The normalized spacial score (nSPS) is 19.5. The smallest absolute Gasteiger partial charge is 0.161 e. The summed E-state index contributed by atoms with van der Waals surface area (Å²) in [4.78, 5) is 4.70. The summed E-state index contributed by atoms with van der Waals surface area (Å²) in [5.74, 6) is 1.17. The van der Waals surface area contributed by atoms with Crippen LogP contribution in [0.4, 0.5) is 5.69 Å². The van der Waals surface area contributed by atoms with Crippen molar-refractivity contribution in [2.75, 3.05) is 11.1 Å². The summed E-state index contributed by atoms with van der Waals surface area (Å²) in [6.07, 6.45) is 3.30. The number of anilines is 1. The van der Waals surface area contributed by atoms with Gasteiger partial charge in [0, 0.05) is 11.4 Å². The molecule has 1 aromatic carbocycles. The van der Waals surface area contributed by atoms with E-state index in [2.05, 4.69) is 44.3 Å². The van der Waals surface area contributed by atoms with Crippen LogP contribution in [-0.2, 0) is 12.8 Å². The van der Waals surface area contributed by atoms with Crippen LogP contribution in [0.15, 0.2) is 23.2 Å². The fourth-order valence-corrected chi connectivity index (χ4v) is 3.29. The lowest BCUT2D eigenvalue weighted by Crippen LogP contribution is -2.19. The monoisotopic (exact) mass is 262 g/mol. The maximum Gasteiger partial charge on any atom is 0.161 e. The molecule has 0 saturated carbocycles. The van der Waals surface area contributed by atoms with Crippen LogP contribution in [0.3, 0.4) is 0 Å². The Morgan fingerprint density at radius 2 is 1.94 bits per heavy atom. The molecule has 2 nitrogen and oxygen atoms in total. The molecule has 0 aliphatic carbocycles. The minimum Gasteiger partial charge on any atom is -0.335 e. The first-order chi connectivity index (χ1) is 8.74. The zero-order valence-corrected chi connectivity index (χ0v) is 12.3. The van der Waals surface area contributed by atoms with Gasteiger partial charge in [-0.2, -0.15) is 0 Å². The second kappa shape index (κ2) is 6.28. The molecule has 18 heavy (non-hydrogen) atoms. The standard InChI is InChI=1S/C15H22N2S/c1-4-12-7-6-8-13(5-2)14(12)17-15-16-11(3)9-10-18-15/h6-8,11H,4-5,9-10H2,1-3H3,(H,16,17). The van der Waals surface area contributed by atoms with Crippen molar-refractivity contribution in [2.24, 2.45) is 4.99 Å². The molecule has 0 fully saturated rings. The van der Waals surface area contributed by atoms with Crippen LogP contribution in [0, 0.1) is 0 Å². The van der Waals surface area contributed by atoms with Crippen molar-refractivity contribution in [2.45, 2.75) is 46.1 Å². The van der Waals surface area contributed by atoms with Crippen LogP contribution in [0.25, 0.3) is 0 Å². The molecular formula is C15H22N2S. The molecule has 1 aromatic rings. The van der Waals surface area contributed by atoms with Crippen molar-refractivity contribution in [3.8, 4) is 0 Å². The van der Waals surface area contributed by atoms with E-state index < -0.39 is 0 Å². The Balaban J connectivity index is 2.27. The zero-order chi connectivity index (χ0) is 13.0. The average Bonchev–Trinajstić information content (AvgIpc) is 2.39. The number of nitrogens with zero attached hydrogens (tertiary/aromatic N) is 1. The number of rotatable bonds is 3. The maximum absolute atomic E-state index is 4.70. The number of amidine groups is 1. The van der Waals surface area contributed by atoms with Crippen LogP contribution >= 0.6 is 11.8 Å². The van der Waals surface area contributed by atoms with Gasteiger partial charge in [0.15, 0.2) is 5.17 Å². The van der Waals surface area contributed by atoms with E-state index in [-0.39, 0.29) is 0 Å². The highest BCUT2D eigenvalue weighted by molar-refractivity contribution is 8.14. The first-order valence-corrected chi connectivity index (χ1v) is 7.81. The average molecular weight is 262 g/mol. The Labute approximate surface area is 114 Å². The highest BCUT2D eigenvalue weighted by Gasteiger charge is 2.14. The fraction of sp³-hybridized carbons (Fsp3) is 0.533. The Morgan fingerprint density at radius 3 is 2.50 bits per heavy atom. The predicted molar refractivity (Wildman–Crippen MR) is 82.8 cm³/mol. The molecule has 3 heteroatoms. The fourth-order valence-electron chi connectivity index (χ4n) is 2.21. The van der Waals surface area contributed by atoms with Gasteiger partial charge >= 0.3 is 0 Å². The molecule has 2 rings (SSSR count). The number of hydrogen-bond acceptors (Lipinski definition) is 3. The van der Waals surface area contributed by atoms with Gasteiger partial charge in [0.2, 0.25) is 0 Å². The number of thioether (sulfide) groups is 1. The lowest BCUT2D eigenvalue weighted by Gasteiger charge is -2.20. The Kier molecular flexibility index (Phi) is 4.70. The van der Waals surface area contributed by atoms with Crippen molar-refractivity contribution in [1.82, 2.24) is 0 Å². The van der Waals surface area contributed by atoms with E-state index in [1.807, 2.05) is 11.8 Å². The molecule has 0 amide bonds. The van der Waals surface area contributed by atoms with Gasteiger partial charge in [-0.25, -0.2) is 0 Å². The molecule has 1 aliphatic rings. The topological polar surface area (TPSA) is 24.4 Å². The third-order valence-electron chi connectivity index (χ3n) is 3.34. The van der Waals surface area contributed by atoms with Crippen LogP contribution in [0.1, 0.15) is 38.3 Å². The van der Waals surface area contributed by atoms with Gasteiger partial charge in [0.1, 0.15) is 0 Å². The minimum absolute atomic E-state index is 0.451. The summed E-state index contributed by atoms with van der Waals surface area (Å²) in [7, 11) is 0. The maximum atomic E-state index is 4.70. The summed E-state index contributed by atoms with van der Waals surface area (Å²) in [6.45, 7) is 6.60. The Hall–Kier alpha value is -0.960. The van der Waals surface area contributed by atoms with Crippen molar-refractivity contribution < 1.29 is 0 Å². The molecule has 0 saturated heterocycles. The van der Waals surface area contributed by atoms with Crippen molar-refractivity contribution in [3.05, 3.63) is 29.3 Å². The number of aryl methyl sites for hydroxylation is 2. The molecule has 1 aliphatic heterocycles. The van der Waals surface area contributed by atoms with Crippen molar-refractivity contribution in [1.29, 1.82) is 0 Å². The van der Waals surface area contributed by atoms with E-state index in [0.29, 0.717) is 6.04 Å². The molecule has 1 atom stereocenters. The lowest BCUT2D eigenvalue weighted by molar-refractivity contribution is 0.720. The van der Waals surface area contributed by atoms with E-state index >= 15 is 0 Å². The summed E-state index contributed by atoms with van der Waals surface area (Å²) in [5.41, 5.74) is 4.05. The second-order valence-electron chi connectivity index (χ2n) is 4.70. The minimum atomic E-state index is 0.451. The van der Waals surface area contributed by atoms with E-state index in [4.69, 9.17) is 4.99 Å². The zero-order valence-electron chi connectivity index (χ0n) is 11.5. The largest absolute Gasteiger partial charge is 0.335 e. The van der Waals surface area contributed by atoms with E-state index in [1.54, 1.807) is 0 Å². The predicted octanol–water partition coefficient (Wildman–Crippen LogP) is 4.10. The molecule has 0 radical (unpaired) electrons. The summed E-state index contributed by atoms with van der Waals surface area (Å²) in [6, 6.07) is 7.02. The van der Waals surface area contributed by atoms with Gasteiger partial charge in [0.25, 0.3) is 0 Å². The van der Waals surface area contributed by atoms with Gasteiger partial charge in [-0.05, 0) is 37.3 Å².